The zero-order valence-electron chi connectivity index (χ0n) is 11.1. The van der Waals surface area contributed by atoms with Crippen LogP contribution in [0.25, 0.3) is 10.6 Å². The zero-order valence-corrected chi connectivity index (χ0v) is 11.9. The van der Waals surface area contributed by atoms with Gasteiger partial charge in [0.2, 0.25) is 0 Å². The molecule has 8 heteroatoms. The van der Waals surface area contributed by atoms with Crippen molar-refractivity contribution in [1.82, 2.24) is 4.98 Å². The average Bonchev–Trinajstić information content (AvgIpc) is 2.80. The van der Waals surface area contributed by atoms with E-state index >= 15 is 0 Å². The predicted octanol–water partition coefficient (Wildman–Crippen LogP) is 3.43. The molecule has 0 spiro atoms. The van der Waals surface area contributed by atoms with Gasteiger partial charge in [0.1, 0.15) is 5.01 Å². The van der Waals surface area contributed by atoms with Crippen molar-refractivity contribution in [2.75, 3.05) is 7.11 Å². The maximum Gasteiger partial charge on any atom is 0.387 e. The van der Waals surface area contributed by atoms with Crippen LogP contribution in [0, 0.1) is 6.92 Å². The van der Waals surface area contributed by atoms with Gasteiger partial charge >= 0.3 is 12.6 Å². The van der Waals surface area contributed by atoms with E-state index in [0.29, 0.717) is 15.4 Å². The average molecular weight is 315 g/mol. The van der Waals surface area contributed by atoms with Gasteiger partial charge in [-0.2, -0.15) is 8.78 Å². The molecular weight excluding hydrogens is 304 g/mol. The smallest absolute Gasteiger partial charge is 0.387 e. The molecule has 0 unspecified atom stereocenters. The van der Waals surface area contributed by atoms with Crippen LogP contribution in [0.1, 0.15) is 15.4 Å². The topological polar surface area (TPSA) is 68.7 Å². The second kappa shape index (κ2) is 6.04. The Morgan fingerprint density at radius 2 is 2.10 bits per heavy atom. The normalized spacial score (nSPS) is 10.7. The van der Waals surface area contributed by atoms with Crippen LogP contribution in [0.4, 0.5) is 8.78 Å². The van der Waals surface area contributed by atoms with Crippen molar-refractivity contribution < 1.29 is 28.2 Å². The number of carbonyl (C=O) groups is 1. The number of alkyl halides is 2. The Balaban J connectivity index is 2.44. The Morgan fingerprint density at radius 1 is 1.38 bits per heavy atom. The molecule has 1 aromatic heterocycles. The van der Waals surface area contributed by atoms with Gasteiger partial charge in [-0.05, 0) is 25.1 Å². The SMILES string of the molecule is COc1ccc(-c2nc(C(=O)O)c(C)s2)cc1OC(F)F. The van der Waals surface area contributed by atoms with Crippen LogP contribution >= 0.6 is 11.3 Å². The fraction of sp³-hybridized carbons (Fsp3) is 0.231. The third-order valence-corrected chi connectivity index (χ3v) is 3.65. The van der Waals surface area contributed by atoms with E-state index in [4.69, 9.17) is 9.84 Å². The molecule has 21 heavy (non-hydrogen) atoms. The molecule has 0 radical (unpaired) electrons. The van der Waals surface area contributed by atoms with E-state index in [-0.39, 0.29) is 17.2 Å². The monoisotopic (exact) mass is 315 g/mol. The Morgan fingerprint density at radius 3 is 2.62 bits per heavy atom. The number of hydrogen-bond donors (Lipinski definition) is 1. The number of halogens is 2. The molecule has 0 atom stereocenters. The third kappa shape index (κ3) is 3.27. The summed E-state index contributed by atoms with van der Waals surface area (Å²) in [5.41, 5.74) is 0.425. The summed E-state index contributed by atoms with van der Waals surface area (Å²) in [6.45, 7) is -1.35. The summed E-state index contributed by atoms with van der Waals surface area (Å²) in [7, 11) is 1.34. The second-order valence-electron chi connectivity index (χ2n) is 3.97. The first-order chi connectivity index (χ1) is 9.92. The Bertz CT molecular complexity index is 672. The fourth-order valence-electron chi connectivity index (χ4n) is 1.72. The first kappa shape index (κ1) is 15.2. The van der Waals surface area contributed by atoms with Crippen LogP contribution in [0.3, 0.4) is 0 Å². The van der Waals surface area contributed by atoms with Crippen LogP contribution in [0.2, 0.25) is 0 Å². The highest BCUT2D eigenvalue weighted by molar-refractivity contribution is 7.15. The molecule has 0 bridgehead atoms. The van der Waals surface area contributed by atoms with Gasteiger partial charge in [-0.1, -0.05) is 0 Å². The lowest BCUT2D eigenvalue weighted by atomic mass is 10.2. The highest BCUT2D eigenvalue weighted by Crippen LogP contribution is 2.35. The Labute approximate surface area is 122 Å². The number of carboxylic acids is 1. The van der Waals surface area contributed by atoms with Gasteiger partial charge in [-0.3, -0.25) is 0 Å². The molecular formula is C13H11F2NO4S. The van der Waals surface area contributed by atoms with E-state index in [9.17, 15) is 13.6 Å². The summed E-state index contributed by atoms with van der Waals surface area (Å²) < 4.78 is 34.1. The maximum absolute atomic E-state index is 12.4. The minimum absolute atomic E-state index is 0.0536. The number of benzene rings is 1. The summed E-state index contributed by atoms with van der Waals surface area (Å²) in [6, 6.07) is 4.40. The molecule has 0 aliphatic heterocycles. The second-order valence-corrected chi connectivity index (χ2v) is 5.18. The molecule has 1 N–H and O–H groups in total. The largest absolute Gasteiger partial charge is 0.493 e. The molecule has 2 aromatic rings. The molecule has 0 fully saturated rings. The lowest BCUT2D eigenvalue weighted by molar-refractivity contribution is -0.0511. The molecule has 1 aromatic carbocycles. The van der Waals surface area contributed by atoms with Crippen molar-refractivity contribution in [3.8, 4) is 22.1 Å². The summed E-state index contributed by atoms with van der Waals surface area (Å²) in [4.78, 5) is 15.5. The van der Waals surface area contributed by atoms with Gasteiger partial charge in [0.25, 0.3) is 0 Å². The molecule has 112 valence electrons. The van der Waals surface area contributed by atoms with Gasteiger partial charge in [-0.25, -0.2) is 9.78 Å². The number of aromatic nitrogens is 1. The molecule has 1 heterocycles. The molecule has 0 aliphatic rings. The third-order valence-electron chi connectivity index (χ3n) is 2.63. The van der Waals surface area contributed by atoms with Gasteiger partial charge in [0, 0.05) is 10.4 Å². The van der Waals surface area contributed by atoms with Gasteiger partial charge < -0.3 is 14.6 Å². The van der Waals surface area contributed by atoms with Crippen LogP contribution in [-0.2, 0) is 0 Å². The minimum atomic E-state index is -2.98. The number of thiazole rings is 1. The molecule has 0 saturated heterocycles. The van der Waals surface area contributed by atoms with Crippen molar-refractivity contribution in [3.63, 3.8) is 0 Å². The highest BCUT2D eigenvalue weighted by Gasteiger charge is 2.17. The summed E-state index contributed by atoms with van der Waals surface area (Å²) in [6.07, 6.45) is 0. The number of rotatable bonds is 5. The number of hydrogen-bond acceptors (Lipinski definition) is 5. The number of ether oxygens (including phenoxy) is 2. The van der Waals surface area contributed by atoms with E-state index in [1.165, 1.54) is 19.2 Å². The van der Waals surface area contributed by atoms with E-state index in [0.717, 1.165) is 11.3 Å². The van der Waals surface area contributed by atoms with Crippen molar-refractivity contribution in [1.29, 1.82) is 0 Å². The van der Waals surface area contributed by atoms with Crippen LogP contribution < -0.4 is 9.47 Å². The molecule has 0 aliphatic carbocycles. The van der Waals surface area contributed by atoms with Crippen LogP contribution in [0.15, 0.2) is 18.2 Å². The molecule has 2 rings (SSSR count). The van der Waals surface area contributed by atoms with Gasteiger partial charge in [0.05, 0.1) is 7.11 Å². The van der Waals surface area contributed by atoms with Crippen LogP contribution in [0.5, 0.6) is 11.5 Å². The van der Waals surface area contributed by atoms with Crippen molar-refractivity contribution in [3.05, 3.63) is 28.8 Å². The fourth-order valence-corrected chi connectivity index (χ4v) is 2.62. The number of aryl methyl sites for hydroxylation is 1. The summed E-state index contributed by atoms with van der Waals surface area (Å²) >= 11 is 1.16. The summed E-state index contributed by atoms with van der Waals surface area (Å²) in [5.74, 6) is -1.10. The van der Waals surface area contributed by atoms with Crippen molar-refractivity contribution in [2.45, 2.75) is 13.5 Å². The zero-order chi connectivity index (χ0) is 15.6. The minimum Gasteiger partial charge on any atom is -0.493 e. The number of nitrogens with zero attached hydrogens (tertiary/aromatic N) is 1. The van der Waals surface area contributed by atoms with E-state index in [1.807, 2.05) is 0 Å². The molecule has 5 nitrogen and oxygen atoms in total. The Hall–Kier alpha value is -2.22. The quantitative estimate of drug-likeness (QED) is 0.915. The summed E-state index contributed by atoms with van der Waals surface area (Å²) in [5, 5.41) is 9.39. The van der Waals surface area contributed by atoms with Crippen molar-refractivity contribution >= 4 is 17.3 Å². The van der Waals surface area contributed by atoms with Crippen molar-refractivity contribution in [2.24, 2.45) is 0 Å². The van der Waals surface area contributed by atoms with Gasteiger partial charge in [-0.15, -0.1) is 11.3 Å². The van der Waals surface area contributed by atoms with Gasteiger partial charge in [0.15, 0.2) is 17.2 Å². The lowest BCUT2D eigenvalue weighted by Crippen LogP contribution is -2.03. The predicted molar refractivity (Wildman–Crippen MR) is 72.4 cm³/mol. The van der Waals surface area contributed by atoms with Crippen LogP contribution in [-0.4, -0.2) is 29.8 Å². The first-order valence-electron chi connectivity index (χ1n) is 5.76. The number of methoxy groups -OCH3 is 1. The Kier molecular flexibility index (Phi) is 4.37. The van der Waals surface area contributed by atoms with E-state index in [2.05, 4.69) is 9.72 Å². The van der Waals surface area contributed by atoms with E-state index in [1.54, 1.807) is 13.0 Å². The molecule has 0 amide bonds. The standard InChI is InChI=1S/C13H11F2NO4S/c1-6-10(12(17)18)16-11(21-6)7-3-4-8(19-2)9(5-7)20-13(14)15/h3-5,13H,1-2H3,(H,17,18). The van der Waals surface area contributed by atoms with E-state index < -0.39 is 12.6 Å². The molecule has 0 saturated carbocycles. The highest BCUT2D eigenvalue weighted by atomic mass is 32.1. The number of aromatic carboxylic acids is 1. The lowest BCUT2D eigenvalue weighted by Gasteiger charge is -2.10. The first-order valence-corrected chi connectivity index (χ1v) is 6.58. The maximum atomic E-state index is 12.4. The number of carboxylic acid groups (broad SMARTS) is 1.